The summed E-state index contributed by atoms with van der Waals surface area (Å²) in [6.45, 7) is 12.8. The Morgan fingerprint density at radius 3 is 2.32 bits per heavy atom. The van der Waals surface area contributed by atoms with Crippen LogP contribution in [-0.2, 0) is 47.7 Å². The van der Waals surface area contributed by atoms with Crippen molar-refractivity contribution in [2.45, 2.75) is 180 Å². The van der Waals surface area contributed by atoms with Crippen molar-refractivity contribution < 1.29 is 57.9 Å². The number of rotatable bonds is 7. The van der Waals surface area contributed by atoms with Crippen LogP contribution in [0.5, 0.6) is 0 Å². The SMILES string of the molecule is CO[C@H]1CC2CC[C@@H](C)[C@@](O)(O2)C(=O)C(=O)N2CCCC[C@H]2C(=O)O[C@H]([C@H](C)C[C@H]2CC[C@H](n3cnnn3)[C@H](OC)C2)CC(=O)[C@H](C)/C=C(\C)[C@@H](O)[C@@H](OC)C(=O)[C@H](C)C[C@H](C)/C=C/C=C/C=C/1C. The topological polar surface area (TPSA) is 219 Å². The van der Waals surface area contributed by atoms with E-state index < -0.39 is 77.8 Å². The predicted octanol–water partition coefficient (Wildman–Crippen LogP) is 6.05. The van der Waals surface area contributed by atoms with Gasteiger partial charge in [0.2, 0.25) is 5.79 Å². The molecule has 3 aliphatic heterocycles. The summed E-state index contributed by atoms with van der Waals surface area (Å²) >= 11 is 0. The standard InChI is InChI=1S/C52H79N5O12/c1-31-16-12-11-13-17-32(2)43(65-8)28-39-21-19-37(7)52(64,69-39)49(61)50(62)56-23-15-14-18-41(56)51(63)68-44(34(4)26-38-20-22-40(45(27-38)66-9)57-30-53-54-55-57)29-42(58)33(3)25-36(6)47(60)48(67-10)46(59)35(5)24-31/h11-13,16-17,25,30-31,33-35,37-41,43-45,47-48,60,64H,14-15,18-24,26-29H2,1-10H3/b13-11+,16-12+,32-17+,36-25+/t31-,33-,34-,35-,37-,38-,39?,40+,41+,43+,44+,45-,47-,48+,52-/m1/s1. The van der Waals surface area contributed by atoms with Gasteiger partial charge in [-0.1, -0.05) is 71.1 Å². The Morgan fingerprint density at radius 1 is 0.884 bits per heavy atom. The van der Waals surface area contributed by atoms with Crippen LogP contribution in [0.1, 0.15) is 132 Å². The predicted molar refractivity (Wildman–Crippen MR) is 256 cm³/mol. The number of aromatic nitrogens is 4. The van der Waals surface area contributed by atoms with E-state index in [0.29, 0.717) is 56.9 Å². The maximum Gasteiger partial charge on any atom is 0.329 e. The number of esters is 1. The van der Waals surface area contributed by atoms with Gasteiger partial charge in [-0.05, 0) is 117 Å². The number of carbonyl (C=O) groups is 5. The molecule has 1 aromatic heterocycles. The fraction of sp³-hybridized carbons (Fsp3) is 0.731. The van der Waals surface area contributed by atoms with Crippen LogP contribution in [0.2, 0.25) is 0 Å². The van der Waals surface area contributed by atoms with Crippen molar-refractivity contribution in [1.82, 2.24) is 25.1 Å². The lowest BCUT2D eigenvalue weighted by Gasteiger charge is -2.42. The molecule has 0 spiro atoms. The number of nitrogens with zero attached hydrogens (tertiary/aromatic N) is 5. The normalized spacial score (nSPS) is 38.8. The summed E-state index contributed by atoms with van der Waals surface area (Å²) in [7, 11) is 4.62. The number of allylic oxidation sites excluding steroid dienone is 6. The van der Waals surface area contributed by atoms with Gasteiger partial charge in [-0.3, -0.25) is 19.2 Å². The Bertz CT molecular complexity index is 2020. The zero-order valence-corrected chi connectivity index (χ0v) is 42.5. The van der Waals surface area contributed by atoms with Crippen molar-refractivity contribution in [2.75, 3.05) is 27.9 Å². The van der Waals surface area contributed by atoms with Gasteiger partial charge in [0.1, 0.15) is 36.5 Å². The van der Waals surface area contributed by atoms with E-state index >= 15 is 0 Å². The quantitative estimate of drug-likeness (QED) is 0.181. The van der Waals surface area contributed by atoms with Crippen LogP contribution < -0.4 is 0 Å². The van der Waals surface area contributed by atoms with Crippen LogP contribution >= 0.6 is 0 Å². The van der Waals surface area contributed by atoms with Crippen LogP contribution in [-0.4, -0.2) is 141 Å². The Labute approximate surface area is 408 Å². The molecule has 4 heterocycles. The van der Waals surface area contributed by atoms with Crippen molar-refractivity contribution >= 4 is 29.2 Å². The first-order valence-corrected chi connectivity index (χ1v) is 25.0. The van der Waals surface area contributed by atoms with Crippen molar-refractivity contribution in [2.24, 2.45) is 35.5 Å². The van der Waals surface area contributed by atoms with Gasteiger partial charge in [-0.25, -0.2) is 9.48 Å². The van der Waals surface area contributed by atoms with Gasteiger partial charge in [-0.15, -0.1) is 5.10 Å². The number of cyclic esters (lactones) is 1. The van der Waals surface area contributed by atoms with Gasteiger partial charge < -0.3 is 38.8 Å². The monoisotopic (exact) mass is 966 g/mol. The molecule has 17 nitrogen and oxygen atoms in total. The molecule has 69 heavy (non-hydrogen) atoms. The summed E-state index contributed by atoms with van der Waals surface area (Å²) in [6, 6.07) is -1.19. The number of ether oxygens (including phenoxy) is 5. The molecule has 1 unspecified atom stereocenters. The molecule has 15 atom stereocenters. The number of ketones is 3. The molecule has 1 aromatic rings. The Balaban J connectivity index is 1.46. The summed E-state index contributed by atoms with van der Waals surface area (Å²) in [5, 5.41) is 35.2. The number of tetrazole rings is 1. The van der Waals surface area contributed by atoms with E-state index in [-0.39, 0.29) is 60.9 Å². The van der Waals surface area contributed by atoms with Gasteiger partial charge >= 0.3 is 5.97 Å². The first kappa shape index (κ1) is 55.7. The lowest BCUT2D eigenvalue weighted by Crippen LogP contribution is -2.61. The molecule has 5 rings (SSSR count). The Morgan fingerprint density at radius 2 is 1.64 bits per heavy atom. The summed E-state index contributed by atoms with van der Waals surface area (Å²) in [6.07, 6.45) is 13.9. The Kier molecular flexibility index (Phi) is 20.8. The van der Waals surface area contributed by atoms with Gasteiger partial charge in [-0.2, -0.15) is 0 Å². The van der Waals surface area contributed by atoms with E-state index in [9.17, 15) is 34.2 Å². The number of amides is 1. The highest BCUT2D eigenvalue weighted by Gasteiger charge is 2.53. The molecule has 384 valence electrons. The minimum Gasteiger partial charge on any atom is -0.460 e. The van der Waals surface area contributed by atoms with E-state index in [4.69, 9.17) is 23.7 Å². The third kappa shape index (κ3) is 14.2. The first-order chi connectivity index (χ1) is 32.8. The molecule has 4 aliphatic rings. The average molecular weight is 966 g/mol. The summed E-state index contributed by atoms with van der Waals surface area (Å²) in [5.74, 6) is -7.92. The largest absolute Gasteiger partial charge is 0.460 e. The van der Waals surface area contributed by atoms with Gasteiger partial charge in [0.25, 0.3) is 11.7 Å². The molecular weight excluding hydrogens is 887 g/mol. The molecule has 2 bridgehead atoms. The number of fused-ring (bicyclic) bond motifs is 3. The van der Waals surface area contributed by atoms with Crippen molar-refractivity contribution in [3.8, 4) is 0 Å². The first-order valence-electron chi connectivity index (χ1n) is 25.0. The minimum absolute atomic E-state index is 0.0170. The van der Waals surface area contributed by atoms with Crippen LogP contribution in [0, 0.1) is 35.5 Å². The molecule has 1 amide bonds. The summed E-state index contributed by atoms with van der Waals surface area (Å²) in [5.41, 5.74) is 1.27. The average Bonchev–Trinajstić information content (AvgIpc) is 3.88. The highest BCUT2D eigenvalue weighted by molar-refractivity contribution is 6.39. The molecule has 1 saturated carbocycles. The maximum atomic E-state index is 14.5. The molecule has 3 fully saturated rings. The van der Waals surface area contributed by atoms with Crippen LogP contribution in [0.4, 0.5) is 0 Å². The van der Waals surface area contributed by atoms with Crippen molar-refractivity contribution in [3.63, 3.8) is 0 Å². The lowest BCUT2D eigenvalue weighted by atomic mass is 9.77. The maximum absolute atomic E-state index is 14.5. The fourth-order valence-corrected chi connectivity index (χ4v) is 10.7. The van der Waals surface area contributed by atoms with E-state index in [0.717, 1.165) is 18.4 Å². The number of aliphatic hydroxyl groups excluding tert-OH is 1. The minimum atomic E-state index is -2.43. The second-order valence-electron chi connectivity index (χ2n) is 20.4. The van der Waals surface area contributed by atoms with E-state index in [2.05, 4.69) is 15.5 Å². The second-order valence-corrected chi connectivity index (χ2v) is 20.4. The number of methoxy groups -OCH3 is 3. The van der Waals surface area contributed by atoms with E-state index in [1.54, 1.807) is 52.1 Å². The zero-order chi connectivity index (χ0) is 50.6. The van der Waals surface area contributed by atoms with E-state index in [1.807, 2.05) is 58.1 Å². The summed E-state index contributed by atoms with van der Waals surface area (Å²) < 4.78 is 31.6. The van der Waals surface area contributed by atoms with Crippen molar-refractivity contribution in [3.05, 3.63) is 53.9 Å². The highest BCUT2D eigenvalue weighted by atomic mass is 16.6. The summed E-state index contributed by atoms with van der Waals surface area (Å²) in [4.78, 5) is 72.3. The number of hydrogen-bond donors (Lipinski definition) is 2. The number of carbonyl (C=O) groups excluding carboxylic acids is 5. The fourth-order valence-electron chi connectivity index (χ4n) is 10.7. The lowest BCUT2D eigenvalue weighted by molar-refractivity contribution is -0.265. The molecule has 17 heteroatoms. The van der Waals surface area contributed by atoms with Gasteiger partial charge in [0.15, 0.2) is 5.78 Å². The third-order valence-corrected chi connectivity index (χ3v) is 15.2. The van der Waals surface area contributed by atoms with Crippen LogP contribution in [0.3, 0.4) is 0 Å². The molecule has 1 aliphatic carbocycles. The number of aliphatic hydroxyl groups is 2. The number of hydrogen-bond acceptors (Lipinski definition) is 15. The second kappa shape index (κ2) is 25.7. The molecule has 0 radical (unpaired) electrons. The van der Waals surface area contributed by atoms with Gasteiger partial charge in [0, 0.05) is 58.5 Å². The number of Topliss-reactive ketones (excluding diaryl/α,β-unsaturated/α-hetero) is 3. The van der Waals surface area contributed by atoms with Crippen LogP contribution in [0.15, 0.2) is 53.9 Å². The third-order valence-electron chi connectivity index (χ3n) is 15.2. The van der Waals surface area contributed by atoms with Gasteiger partial charge in [0.05, 0.1) is 24.4 Å². The van der Waals surface area contributed by atoms with E-state index in [1.165, 1.54) is 12.0 Å². The van der Waals surface area contributed by atoms with Crippen molar-refractivity contribution in [1.29, 1.82) is 0 Å². The Hall–Kier alpha value is -4.26. The molecule has 2 N–H and O–H groups in total. The zero-order valence-electron chi connectivity index (χ0n) is 42.5. The molecule has 2 saturated heterocycles. The molecule has 0 aromatic carbocycles. The number of piperidine rings is 1. The smallest absolute Gasteiger partial charge is 0.329 e. The highest BCUT2D eigenvalue weighted by Crippen LogP contribution is 2.39. The molecular formula is C52H79N5O12. The van der Waals surface area contributed by atoms with Crippen LogP contribution in [0.25, 0.3) is 0 Å².